The number of benzene rings is 1. The molecule has 4 nitrogen and oxygen atoms in total. The number of carbonyl (C=O) groups excluding carboxylic acids is 2. The van der Waals surface area contributed by atoms with E-state index < -0.39 is 6.04 Å². The van der Waals surface area contributed by atoms with E-state index in [1.165, 1.54) is 0 Å². The van der Waals surface area contributed by atoms with Gasteiger partial charge in [-0.15, -0.1) is 0 Å². The van der Waals surface area contributed by atoms with Crippen LogP contribution in [0, 0.1) is 5.92 Å². The molecule has 1 aliphatic heterocycles. The maximum atomic E-state index is 12.2. The Bertz CT molecular complexity index is 502. The first-order valence-electron chi connectivity index (χ1n) is 6.35. The molecule has 0 spiro atoms. The molecule has 19 heavy (non-hydrogen) atoms. The van der Waals surface area contributed by atoms with E-state index >= 15 is 0 Å². The lowest BCUT2D eigenvalue weighted by Gasteiger charge is -2.36. The number of amides is 2. The molecule has 1 atom stereocenters. The van der Waals surface area contributed by atoms with Crippen LogP contribution in [0.4, 0.5) is 0 Å². The number of piperazine rings is 1. The topological polar surface area (TPSA) is 49.4 Å². The maximum absolute atomic E-state index is 12.2. The smallest absolute Gasteiger partial charge is 0.247 e. The predicted octanol–water partition coefficient (Wildman–Crippen LogP) is 2.00. The number of halogens is 1. The average molecular weight is 281 g/mol. The molecular formula is C14H17ClN2O2. The Morgan fingerprint density at radius 3 is 2.74 bits per heavy atom. The molecule has 2 rings (SSSR count). The van der Waals surface area contributed by atoms with Gasteiger partial charge in [0, 0.05) is 29.6 Å². The number of rotatable bonds is 2. The van der Waals surface area contributed by atoms with Crippen LogP contribution in [-0.4, -0.2) is 29.8 Å². The van der Waals surface area contributed by atoms with Gasteiger partial charge in [0.25, 0.3) is 0 Å². The molecule has 1 saturated heterocycles. The van der Waals surface area contributed by atoms with Crippen LogP contribution in [-0.2, 0) is 9.59 Å². The molecule has 0 radical (unpaired) electrons. The van der Waals surface area contributed by atoms with Crippen LogP contribution in [0.2, 0.25) is 5.02 Å². The van der Waals surface area contributed by atoms with E-state index in [1.54, 1.807) is 23.1 Å². The summed E-state index contributed by atoms with van der Waals surface area (Å²) in [5.41, 5.74) is 0.676. The molecular weight excluding hydrogens is 264 g/mol. The van der Waals surface area contributed by atoms with E-state index in [0.29, 0.717) is 23.7 Å². The fraction of sp³-hybridized carbons (Fsp3) is 0.429. The first-order chi connectivity index (χ1) is 9.02. The summed E-state index contributed by atoms with van der Waals surface area (Å²) in [7, 11) is 0. The molecule has 0 unspecified atom stereocenters. The van der Waals surface area contributed by atoms with Crippen LogP contribution in [0.15, 0.2) is 24.3 Å². The van der Waals surface area contributed by atoms with Gasteiger partial charge in [-0.2, -0.15) is 0 Å². The minimum absolute atomic E-state index is 0.0280. The minimum atomic E-state index is -0.627. The van der Waals surface area contributed by atoms with Crippen LogP contribution in [0.1, 0.15) is 25.5 Å². The summed E-state index contributed by atoms with van der Waals surface area (Å²) in [6, 6.07) is 6.52. The van der Waals surface area contributed by atoms with Gasteiger partial charge in [-0.25, -0.2) is 0 Å². The fourth-order valence-electron chi connectivity index (χ4n) is 2.24. The van der Waals surface area contributed by atoms with Crippen molar-refractivity contribution in [3.8, 4) is 0 Å². The summed E-state index contributed by atoms with van der Waals surface area (Å²) in [6.07, 6.45) is 0. The molecule has 1 heterocycles. The molecule has 1 fully saturated rings. The highest BCUT2D eigenvalue weighted by molar-refractivity contribution is 6.31. The highest BCUT2D eigenvalue weighted by atomic mass is 35.5. The highest BCUT2D eigenvalue weighted by Gasteiger charge is 2.36. The quantitative estimate of drug-likeness (QED) is 0.901. The fourth-order valence-corrected chi connectivity index (χ4v) is 2.48. The second kappa shape index (κ2) is 5.61. The Morgan fingerprint density at radius 2 is 2.11 bits per heavy atom. The molecule has 1 aromatic rings. The van der Waals surface area contributed by atoms with Crippen LogP contribution >= 0.6 is 11.6 Å². The minimum Gasteiger partial charge on any atom is -0.352 e. The Morgan fingerprint density at radius 1 is 1.42 bits per heavy atom. The van der Waals surface area contributed by atoms with Gasteiger partial charge >= 0.3 is 0 Å². The van der Waals surface area contributed by atoms with Crippen molar-refractivity contribution in [2.75, 3.05) is 13.1 Å². The van der Waals surface area contributed by atoms with Gasteiger partial charge in [-0.1, -0.05) is 43.6 Å². The van der Waals surface area contributed by atoms with Crippen molar-refractivity contribution in [2.24, 2.45) is 5.92 Å². The molecule has 1 N–H and O–H groups in total. The van der Waals surface area contributed by atoms with Gasteiger partial charge in [0.05, 0.1) is 0 Å². The van der Waals surface area contributed by atoms with E-state index in [9.17, 15) is 9.59 Å². The number of nitrogens with one attached hydrogen (secondary N) is 1. The Labute approximate surface area is 117 Å². The first kappa shape index (κ1) is 13.9. The van der Waals surface area contributed by atoms with E-state index in [-0.39, 0.29) is 17.7 Å². The molecule has 0 bridgehead atoms. The van der Waals surface area contributed by atoms with Crippen LogP contribution < -0.4 is 5.32 Å². The summed E-state index contributed by atoms with van der Waals surface area (Å²) in [5, 5.41) is 3.30. The zero-order chi connectivity index (χ0) is 14.0. The lowest BCUT2D eigenvalue weighted by Crippen LogP contribution is -2.53. The lowest BCUT2D eigenvalue weighted by molar-refractivity contribution is -0.145. The zero-order valence-electron chi connectivity index (χ0n) is 11.0. The Hall–Kier alpha value is -1.55. The SMILES string of the molecule is CC(C)C(=O)N1CCNC(=O)[C@H]1c1ccccc1Cl. The number of nitrogens with zero attached hydrogens (tertiary/aromatic N) is 1. The zero-order valence-corrected chi connectivity index (χ0v) is 11.8. The monoisotopic (exact) mass is 280 g/mol. The Kier molecular flexibility index (Phi) is 4.10. The van der Waals surface area contributed by atoms with E-state index in [1.807, 2.05) is 19.9 Å². The van der Waals surface area contributed by atoms with Crippen molar-refractivity contribution in [3.63, 3.8) is 0 Å². The third-order valence-corrected chi connectivity index (χ3v) is 3.53. The summed E-state index contributed by atoms with van der Waals surface area (Å²) in [5.74, 6) is -0.344. The second-order valence-corrected chi connectivity index (χ2v) is 5.31. The number of hydrogen-bond acceptors (Lipinski definition) is 2. The number of hydrogen-bond donors (Lipinski definition) is 1. The number of carbonyl (C=O) groups is 2. The van der Waals surface area contributed by atoms with Crippen LogP contribution in [0.3, 0.4) is 0 Å². The van der Waals surface area contributed by atoms with Gasteiger partial charge < -0.3 is 10.2 Å². The molecule has 102 valence electrons. The second-order valence-electron chi connectivity index (χ2n) is 4.90. The standard InChI is InChI=1S/C14H17ClN2O2/c1-9(2)14(19)17-8-7-16-13(18)12(17)10-5-3-4-6-11(10)15/h3-6,9,12H,7-8H2,1-2H3,(H,16,18)/t12-/m1/s1. The molecule has 1 aliphatic rings. The predicted molar refractivity (Wildman–Crippen MR) is 73.8 cm³/mol. The van der Waals surface area contributed by atoms with Gasteiger partial charge in [0.15, 0.2) is 0 Å². The molecule has 2 amide bonds. The normalized spacial score (nSPS) is 19.5. The van der Waals surface area contributed by atoms with E-state index in [2.05, 4.69) is 5.32 Å². The third-order valence-electron chi connectivity index (χ3n) is 3.19. The largest absolute Gasteiger partial charge is 0.352 e. The van der Waals surface area contributed by atoms with E-state index in [0.717, 1.165) is 0 Å². The van der Waals surface area contributed by atoms with Crippen LogP contribution in [0.5, 0.6) is 0 Å². The summed E-state index contributed by atoms with van der Waals surface area (Å²) >= 11 is 6.15. The van der Waals surface area contributed by atoms with Crippen molar-refractivity contribution < 1.29 is 9.59 Å². The van der Waals surface area contributed by atoms with Crippen LogP contribution in [0.25, 0.3) is 0 Å². The summed E-state index contributed by atoms with van der Waals surface area (Å²) in [6.45, 7) is 4.66. The van der Waals surface area contributed by atoms with Gasteiger partial charge in [0.2, 0.25) is 11.8 Å². The van der Waals surface area contributed by atoms with Crippen molar-refractivity contribution in [3.05, 3.63) is 34.9 Å². The third kappa shape index (κ3) is 2.73. The maximum Gasteiger partial charge on any atom is 0.247 e. The van der Waals surface area contributed by atoms with Gasteiger partial charge in [-0.05, 0) is 6.07 Å². The molecule has 0 aromatic heterocycles. The summed E-state index contributed by atoms with van der Waals surface area (Å²) in [4.78, 5) is 26.0. The first-order valence-corrected chi connectivity index (χ1v) is 6.72. The van der Waals surface area contributed by atoms with Crippen molar-refractivity contribution >= 4 is 23.4 Å². The molecule has 0 aliphatic carbocycles. The Balaban J connectivity index is 2.40. The van der Waals surface area contributed by atoms with Gasteiger partial charge in [0.1, 0.15) is 6.04 Å². The molecule has 1 aromatic carbocycles. The average Bonchev–Trinajstić information content (AvgIpc) is 2.38. The summed E-state index contributed by atoms with van der Waals surface area (Å²) < 4.78 is 0. The molecule has 5 heteroatoms. The lowest BCUT2D eigenvalue weighted by atomic mass is 10.0. The highest BCUT2D eigenvalue weighted by Crippen LogP contribution is 2.30. The van der Waals surface area contributed by atoms with Crippen molar-refractivity contribution in [2.45, 2.75) is 19.9 Å². The van der Waals surface area contributed by atoms with Gasteiger partial charge in [-0.3, -0.25) is 9.59 Å². The van der Waals surface area contributed by atoms with Crippen molar-refractivity contribution in [1.29, 1.82) is 0 Å². The molecule has 0 saturated carbocycles. The van der Waals surface area contributed by atoms with E-state index in [4.69, 9.17) is 11.6 Å². The van der Waals surface area contributed by atoms with Crippen molar-refractivity contribution in [1.82, 2.24) is 10.2 Å².